The monoisotopic (exact) mass is 778 g/mol. The van der Waals surface area contributed by atoms with Crippen LogP contribution in [0.15, 0.2) is 176 Å². The highest BCUT2D eigenvalue weighted by Crippen LogP contribution is 2.39. The molecule has 7 nitrogen and oxygen atoms in total. The Kier molecular flexibility index (Phi) is 14.6. The van der Waals surface area contributed by atoms with Crippen molar-refractivity contribution in [3.8, 4) is 0 Å². The van der Waals surface area contributed by atoms with Crippen molar-refractivity contribution >= 4 is 62.0 Å². The average Bonchev–Trinajstić information content (AvgIpc) is 3.62. The van der Waals surface area contributed by atoms with Crippen molar-refractivity contribution in [1.29, 1.82) is 0 Å². The van der Waals surface area contributed by atoms with Gasteiger partial charge in [0.1, 0.15) is 23.9 Å². The Morgan fingerprint density at radius 2 is 1.14 bits per heavy atom. The van der Waals surface area contributed by atoms with Crippen molar-refractivity contribution in [1.82, 2.24) is 0 Å². The molecule has 0 saturated carbocycles. The molecule has 0 radical (unpaired) electrons. The van der Waals surface area contributed by atoms with Crippen LogP contribution in [-0.4, -0.2) is 46.4 Å². The van der Waals surface area contributed by atoms with Crippen LogP contribution in [0.5, 0.6) is 0 Å². The molecule has 1 saturated heterocycles. The molecular formula is C49H46O7S. The quantitative estimate of drug-likeness (QED) is 0.0788. The lowest BCUT2D eigenvalue weighted by molar-refractivity contribution is 0.0166. The molecule has 1 fully saturated rings. The molecule has 0 aliphatic carbocycles. The highest BCUT2D eigenvalue weighted by atomic mass is 32.2. The van der Waals surface area contributed by atoms with Crippen molar-refractivity contribution in [2.75, 3.05) is 6.61 Å². The second-order valence-corrected chi connectivity index (χ2v) is 14.4. The van der Waals surface area contributed by atoms with E-state index in [2.05, 4.69) is 19.7 Å². The minimum Gasteiger partial charge on any atom is -0.480 e. The topological polar surface area (TPSA) is 99.1 Å². The number of benzene rings is 6. The lowest BCUT2D eigenvalue weighted by Crippen LogP contribution is -2.29. The third kappa shape index (κ3) is 11.1. The van der Waals surface area contributed by atoms with Gasteiger partial charge in [-0.3, -0.25) is 0 Å². The molecule has 3 atom stereocenters. The number of carboxylic acid groups (broad SMARTS) is 1. The van der Waals surface area contributed by atoms with E-state index in [-0.39, 0.29) is 17.3 Å². The zero-order valence-electron chi connectivity index (χ0n) is 32.4. The molecular weight excluding hydrogens is 733 g/mol. The number of hydrogen-bond acceptors (Lipinski definition) is 7. The number of esters is 2. The van der Waals surface area contributed by atoms with Crippen molar-refractivity contribution in [2.24, 2.45) is 0 Å². The second-order valence-electron chi connectivity index (χ2n) is 13.0. The zero-order valence-corrected chi connectivity index (χ0v) is 33.2. The molecule has 1 aliphatic heterocycles. The average molecular weight is 779 g/mol. The van der Waals surface area contributed by atoms with E-state index < -0.39 is 24.0 Å². The van der Waals surface area contributed by atoms with E-state index in [9.17, 15) is 14.4 Å². The molecule has 57 heavy (non-hydrogen) atoms. The van der Waals surface area contributed by atoms with Crippen molar-refractivity contribution in [3.63, 3.8) is 0 Å². The first-order valence-electron chi connectivity index (χ1n) is 18.7. The lowest BCUT2D eigenvalue weighted by atomic mass is 10.1. The number of carbonyl (C=O) groups is 3. The highest BCUT2D eigenvalue weighted by Gasteiger charge is 2.40. The summed E-state index contributed by atoms with van der Waals surface area (Å²) in [5, 5.41) is 14.4. The first-order chi connectivity index (χ1) is 27.6. The third-order valence-electron chi connectivity index (χ3n) is 9.15. The number of aromatic carboxylic acids is 1. The van der Waals surface area contributed by atoms with E-state index in [0.29, 0.717) is 28.9 Å². The van der Waals surface area contributed by atoms with E-state index >= 15 is 0 Å². The fourth-order valence-electron chi connectivity index (χ4n) is 6.10. The van der Waals surface area contributed by atoms with E-state index in [1.165, 1.54) is 11.8 Å². The van der Waals surface area contributed by atoms with Gasteiger partial charge in [0, 0.05) is 6.42 Å². The van der Waals surface area contributed by atoms with E-state index in [4.69, 9.17) is 19.3 Å². The maximum absolute atomic E-state index is 13.2. The Labute approximate surface area is 338 Å². The molecule has 6 aromatic rings. The van der Waals surface area contributed by atoms with Gasteiger partial charge in [-0.05, 0) is 92.9 Å². The molecule has 0 aromatic heterocycles. The smallest absolute Gasteiger partial charge is 0.338 e. The van der Waals surface area contributed by atoms with Gasteiger partial charge in [-0.2, -0.15) is 0 Å². The molecule has 0 spiro atoms. The summed E-state index contributed by atoms with van der Waals surface area (Å²) in [4.78, 5) is 36.9. The standard InChI is InChI=1S/C36H32O5S.C11H8O2.C2H6/c1-5-23(2)18-24(3)25(4)40-34-21-32(41-36(38)31-17-15-27-11-7-9-13-29(27)20-31)33(42-34)22-39-35(37)30-16-14-26-10-6-8-12-28(26)19-30;12-11(13)10-6-5-8-3-1-2-4-9(8)7-10;1-2/h5-20,32-34H,1-2,4,21-22H2,3H3;1-7H,(H,12,13);1-2H3/b24-18+;;/t32-,33+,34?;;/m1../s1. The van der Waals surface area contributed by atoms with Crippen LogP contribution in [0.2, 0.25) is 0 Å². The summed E-state index contributed by atoms with van der Waals surface area (Å²) in [6.45, 7) is 17.6. The molecule has 1 N–H and O–H groups in total. The van der Waals surface area contributed by atoms with Gasteiger partial charge in [-0.1, -0.05) is 131 Å². The van der Waals surface area contributed by atoms with Gasteiger partial charge < -0.3 is 19.3 Å². The van der Waals surface area contributed by atoms with Gasteiger partial charge in [0.2, 0.25) is 0 Å². The second kappa shape index (κ2) is 20.0. The number of hydrogen-bond donors (Lipinski definition) is 1. The summed E-state index contributed by atoms with van der Waals surface area (Å²) in [5.74, 6) is -1.26. The van der Waals surface area contributed by atoms with E-state index in [0.717, 1.165) is 43.5 Å². The maximum atomic E-state index is 13.2. The Balaban J connectivity index is 0.000000346. The zero-order chi connectivity index (χ0) is 40.9. The summed E-state index contributed by atoms with van der Waals surface area (Å²) in [6, 6.07) is 39.4. The summed E-state index contributed by atoms with van der Waals surface area (Å²) in [6.07, 6.45) is 3.37. The SMILES string of the molecule is C=CC(=C)/C=C(\C)C(=C)OC1C[C@@H](OC(=O)c2ccc3ccccc3c2)[C@H](COC(=O)c2ccc3ccccc3c2)S1.CC.O=C(O)c1ccc2ccccc2c1. The number of ether oxygens (including phenoxy) is 3. The Hall–Kier alpha value is -6.38. The lowest BCUT2D eigenvalue weighted by Gasteiger charge is -2.19. The van der Waals surface area contributed by atoms with Crippen LogP contribution in [0.4, 0.5) is 0 Å². The summed E-state index contributed by atoms with van der Waals surface area (Å²) in [7, 11) is 0. The summed E-state index contributed by atoms with van der Waals surface area (Å²) in [5.41, 5.74) is 2.47. The highest BCUT2D eigenvalue weighted by molar-refractivity contribution is 8.00. The minimum absolute atomic E-state index is 0.0560. The van der Waals surface area contributed by atoms with Crippen molar-refractivity contribution in [3.05, 3.63) is 193 Å². The normalized spacial score (nSPS) is 16.0. The maximum Gasteiger partial charge on any atom is 0.338 e. The first kappa shape index (κ1) is 41.8. The van der Waals surface area contributed by atoms with Crippen LogP contribution in [0, 0.1) is 0 Å². The number of fused-ring (bicyclic) bond motifs is 3. The predicted octanol–water partition coefficient (Wildman–Crippen LogP) is 12.0. The Morgan fingerprint density at radius 1 is 0.684 bits per heavy atom. The van der Waals surface area contributed by atoms with Crippen LogP contribution >= 0.6 is 11.8 Å². The molecule has 8 heteroatoms. The molecule has 290 valence electrons. The molecule has 0 bridgehead atoms. The number of allylic oxidation sites excluding steroid dienone is 4. The van der Waals surface area contributed by atoms with Gasteiger partial charge >= 0.3 is 17.9 Å². The molecule has 7 rings (SSSR count). The van der Waals surface area contributed by atoms with Gasteiger partial charge in [0.25, 0.3) is 0 Å². The summed E-state index contributed by atoms with van der Waals surface area (Å²) < 4.78 is 17.9. The largest absolute Gasteiger partial charge is 0.480 e. The number of carbonyl (C=O) groups excluding carboxylic acids is 2. The predicted molar refractivity (Wildman–Crippen MR) is 233 cm³/mol. The van der Waals surface area contributed by atoms with E-state index in [1.54, 1.807) is 30.3 Å². The first-order valence-corrected chi connectivity index (χ1v) is 19.6. The molecule has 0 amide bonds. The van der Waals surface area contributed by atoms with Crippen LogP contribution in [-0.2, 0) is 14.2 Å². The van der Waals surface area contributed by atoms with Gasteiger partial charge in [-0.25, -0.2) is 14.4 Å². The van der Waals surface area contributed by atoms with Crippen LogP contribution in [0.1, 0.15) is 58.3 Å². The number of rotatable bonds is 11. The van der Waals surface area contributed by atoms with Crippen molar-refractivity contribution in [2.45, 2.75) is 44.0 Å². The fourth-order valence-corrected chi connectivity index (χ4v) is 7.45. The molecule has 1 unspecified atom stereocenters. The van der Waals surface area contributed by atoms with Crippen LogP contribution < -0.4 is 0 Å². The Morgan fingerprint density at radius 3 is 1.63 bits per heavy atom. The van der Waals surface area contributed by atoms with Crippen LogP contribution in [0.3, 0.4) is 0 Å². The molecule has 1 heterocycles. The summed E-state index contributed by atoms with van der Waals surface area (Å²) >= 11 is 1.46. The van der Waals surface area contributed by atoms with Gasteiger partial charge in [0.05, 0.1) is 21.9 Å². The fraction of sp³-hybridized carbons (Fsp3) is 0.163. The van der Waals surface area contributed by atoms with Crippen LogP contribution in [0.25, 0.3) is 32.3 Å². The van der Waals surface area contributed by atoms with Gasteiger partial charge in [0.15, 0.2) is 0 Å². The van der Waals surface area contributed by atoms with E-state index in [1.807, 2.05) is 130 Å². The molecule has 1 aliphatic rings. The molecule has 6 aromatic carbocycles. The van der Waals surface area contributed by atoms with Gasteiger partial charge in [-0.15, -0.1) is 11.8 Å². The third-order valence-corrected chi connectivity index (χ3v) is 10.5. The number of carboxylic acids is 1. The number of thioether (sulfide) groups is 1. The minimum atomic E-state index is -0.884. The van der Waals surface area contributed by atoms with Crippen molar-refractivity contribution < 1.29 is 33.7 Å². The Bertz CT molecular complexity index is 2460.